The monoisotopic (exact) mass is 380 g/mol. The quantitative estimate of drug-likeness (QED) is 0.837. The predicted molar refractivity (Wildman–Crippen MR) is 98.2 cm³/mol. The minimum Gasteiger partial charge on any atom is -0.371 e. The predicted octanol–water partition coefficient (Wildman–Crippen LogP) is 2.69. The summed E-state index contributed by atoms with van der Waals surface area (Å²) in [7, 11) is -3.54. The zero-order valence-corrected chi connectivity index (χ0v) is 15.3. The van der Waals surface area contributed by atoms with Gasteiger partial charge in [0.2, 0.25) is 10.0 Å². The van der Waals surface area contributed by atoms with Gasteiger partial charge < -0.3 is 4.74 Å². The first-order valence-corrected chi connectivity index (χ1v) is 10.0. The van der Waals surface area contributed by atoms with Gasteiger partial charge in [-0.3, -0.25) is 4.90 Å². The van der Waals surface area contributed by atoms with Gasteiger partial charge in [0, 0.05) is 31.2 Å². The molecule has 0 radical (unpaired) electrons. The standard InChI is InChI=1S/C18H21ClN2O3S/c19-16-7-4-8-17(13-16)25(22,23)20-9-10-21-11-12-24-18(14-21)15-5-2-1-3-6-15/h1-8,13,18,20H,9-12,14H2/t18-/m1/s1. The third kappa shape index (κ3) is 5.03. The van der Waals surface area contributed by atoms with Crippen molar-refractivity contribution in [2.75, 3.05) is 32.8 Å². The van der Waals surface area contributed by atoms with Crippen LogP contribution in [0.5, 0.6) is 0 Å². The Bertz CT molecular complexity index is 799. The van der Waals surface area contributed by atoms with Gasteiger partial charge in [-0.25, -0.2) is 13.1 Å². The molecule has 5 nitrogen and oxygen atoms in total. The molecule has 2 aromatic carbocycles. The van der Waals surface area contributed by atoms with Crippen LogP contribution in [0, 0.1) is 0 Å². The van der Waals surface area contributed by atoms with Crippen molar-refractivity contribution >= 4 is 21.6 Å². The average molecular weight is 381 g/mol. The van der Waals surface area contributed by atoms with E-state index in [9.17, 15) is 8.42 Å². The summed E-state index contributed by atoms with van der Waals surface area (Å²) in [6, 6.07) is 16.3. The number of ether oxygens (including phenoxy) is 1. The van der Waals surface area contributed by atoms with Gasteiger partial charge in [-0.15, -0.1) is 0 Å². The zero-order chi connectivity index (χ0) is 17.7. The van der Waals surface area contributed by atoms with Crippen LogP contribution in [-0.2, 0) is 14.8 Å². The summed E-state index contributed by atoms with van der Waals surface area (Å²) >= 11 is 5.87. The Morgan fingerprint density at radius 1 is 1.16 bits per heavy atom. The lowest BCUT2D eigenvalue weighted by Gasteiger charge is -2.33. The van der Waals surface area contributed by atoms with Crippen molar-refractivity contribution in [2.24, 2.45) is 0 Å². The van der Waals surface area contributed by atoms with E-state index in [2.05, 4.69) is 21.8 Å². The third-order valence-electron chi connectivity index (χ3n) is 4.15. The van der Waals surface area contributed by atoms with Gasteiger partial charge in [-0.05, 0) is 23.8 Å². The van der Waals surface area contributed by atoms with E-state index in [1.807, 2.05) is 18.2 Å². The van der Waals surface area contributed by atoms with Gasteiger partial charge in [-0.2, -0.15) is 0 Å². The number of hydrogen-bond acceptors (Lipinski definition) is 4. The minimum absolute atomic E-state index is 0.0273. The first-order chi connectivity index (χ1) is 12.0. The number of hydrogen-bond donors (Lipinski definition) is 1. The van der Waals surface area contributed by atoms with E-state index in [1.54, 1.807) is 12.1 Å². The molecule has 25 heavy (non-hydrogen) atoms. The van der Waals surface area contributed by atoms with Crippen LogP contribution in [-0.4, -0.2) is 46.1 Å². The second-order valence-corrected chi connectivity index (χ2v) is 8.13. The van der Waals surface area contributed by atoms with Crippen molar-refractivity contribution in [3.05, 3.63) is 65.2 Å². The van der Waals surface area contributed by atoms with Gasteiger partial charge in [0.1, 0.15) is 0 Å². The molecule has 0 saturated carbocycles. The van der Waals surface area contributed by atoms with E-state index in [0.717, 1.165) is 18.7 Å². The summed E-state index contributed by atoms with van der Waals surface area (Å²) in [6.07, 6.45) is 0.0273. The molecule has 0 bridgehead atoms. The van der Waals surface area contributed by atoms with Crippen molar-refractivity contribution in [1.29, 1.82) is 0 Å². The number of benzene rings is 2. The fraction of sp³-hybridized carbons (Fsp3) is 0.333. The molecule has 1 N–H and O–H groups in total. The fourth-order valence-corrected chi connectivity index (χ4v) is 4.15. The molecule has 0 unspecified atom stereocenters. The van der Waals surface area contributed by atoms with Crippen LogP contribution < -0.4 is 4.72 Å². The lowest BCUT2D eigenvalue weighted by Crippen LogP contribution is -2.42. The number of rotatable bonds is 6. The van der Waals surface area contributed by atoms with Crippen LogP contribution >= 0.6 is 11.6 Å². The van der Waals surface area contributed by atoms with E-state index in [0.29, 0.717) is 24.7 Å². The molecule has 0 amide bonds. The molecule has 3 rings (SSSR count). The fourth-order valence-electron chi connectivity index (χ4n) is 2.83. The van der Waals surface area contributed by atoms with Crippen LogP contribution in [0.15, 0.2) is 59.5 Å². The van der Waals surface area contributed by atoms with Crippen LogP contribution in [0.3, 0.4) is 0 Å². The summed E-state index contributed by atoms with van der Waals surface area (Å²) in [5.41, 5.74) is 1.15. The normalized spacial score (nSPS) is 19.0. The number of nitrogens with zero attached hydrogens (tertiary/aromatic N) is 1. The highest BCUT2D eigenvalue weighted by molar-refractivity contribution is 7.89. The molecule has 7 heteroatoms. The molecule has 134 valence electrons. The topological polar surface area (TPSA) is 58.6 Å². The molecule has 1 aliphatic heterocycles. The molecule has 1 fully saturated rings. The highest BCUT2D eigenvalue weighted by atomic mass is 35.5. The van der Waals surface area contributed by atoms with Crippen LogP contribution in [0.4, 0.5) is 0 Å². The van der Waals surface area contributed by atoms with Crippen molar-refractivity contribution in [2.45, 2.75) is 11.0 Å². The molecule has 2 aromatic rings. The molecular formula is C18H21ClN2O3S. The van der Waals surface area contributed by atoms with Crippen LogP contribution in [0.2, 0.25) is 5.02 Å². The molecule has 1 aliphatic rings. The van der Waals surface area contributed by atoms with Gasteiger partial charge >= 0.3 is 0 Å². The Morgan fingerprint density at radius 2 is 1.96 bits per heavy atom. The van der Waals surface area contributed by atoms with Crippen molar-refractivity contribution in [1.82, 2.24) is 9.62 Å². The smallest absolute Gasteiger partial charge is 0.240 e. The summed E-state index contributed by atoms with van der Waals surface area (Å²) < 4.78 is 33.1. The lowest BCUT2D eigenvalue weighted by molar-refractivity contribution is -0.0291. The molecule has 0 aliphatic carbocycles. The molecule has 0 aromatic heterocycles. The SMILES string of the molecule is O=S(=O)(NCCN1CCO[C@@H](c2ccccc2)C1)c1cccc(Cl)c1. The molecule has 1 saturated heterocycles. The maximum Gasteiger partial charge on any atom is 0.240 e. The Hall–Kier alpha value is -1.44. The molecule has 0 spiro atoms. The lowest BCUT2D eigenvalue weighted by atomic mass is 10.1. The van der Waals surface area contributed by atoms with Gasteiger partial charge in [0.15, 0.2) is 0 Å². The first kappa shape index (κ1) is 18.4. The Balaban J connectivity index is 1.53. The highest BCUT2D eigenvalue weighted by Crippen LogP contribution is 2.21. The average Bonchev–Trinajstić information content (AvgIpc) is 2.63. The Labute approximate surface area is 153 Å². The van der Waals surface area contributed by atoms with Crippen molar-refractivity contribution < 1.29 is 13.2 Å². The van der Waals surface area contributed by atoms with E-state index in [-0.39, 0.29) is 11.0 Å². The summed E-state index contributed by atoms with van der Waals surface area (Å²) in [4.78, 5) is 2.39. The number of morpholine rings is 1. The highest BCUT2D eigenvalue weighted by Gasteiger charge is 2.22. The number of nitrogens with one attached hydrogen (secondary N) is 1. The van der Waals surface area contributed by atoms with Crippen molar-refractivity contribution in [3.63, 3.8) is 0 Å². The minimum atomic E-state index is -3.54. The second-order valence-electron chi connectivity index (χ2n) is 5.93. The van der Waals surface area contributed by atoms with E-state index < -0.39 is 10.0 Å². The molecule has 1 heterocycles. The first-order valence-electron chi connectivity index (χ1n) is 8.19. The largest absolute Gasteiger partial charge is 0.371 e. The Morgan fingerprint density at radius 3 is 2.72 bits per heavy atom. The van der Waals surface area contributed by atoms with E-state index in [4.69, 9.17) is 16.3 Å². The summed E-state index contributed by atoms with van der Waals surface area (Å²) in [6.45, 7) is 3.16. The van der Waals surface area contributed by atoms with Crippen LogP contribution in [0.1, 0.15) is 11.7 Å². The van der Waals surface area contributed by atoms with E-state index >= 15 is 0 Å². The van der Waals surface area contributed by atoms with Gasteiger partial charge in [0.05, 0.1) is 17.6 Å². The van der Waals surface area contributed by atoms with Gasteiger partial charge in [-0.1, -0.05) is 48.0 Å². The zero-order valence-electron chi connectivity index (χ0n) is 13.8. The van der Waals surface area contributed by atoms with Crippen LogP contribution in [0.25, 0.3) is 0 Å². The third-order valence-corrected chi connectivity index (χ3v) is 5.84. The van der Waals surface area contributed by atoms with Crippen molar-refractivity contribution in [3.8, 4) is 0 Å². The number of sulfonamides is 1. The molecule has 1 atom stereocenters. The van der Waals surface area contributed by atoms with E-state index in [1.165, 1.54) is 12.1 Å². The second kappa shape index (κ2) is 8.29. The summed E-state index contributed by atoms with van der Waals surface area (Å²) in [5, 5.41) is 0.404. The Kier molecular flexibility index (Phi) is 6.09. The summed E-state index contributed by atoms with van der Waals surface area (Å²) in [5.74, 6) is 0. The number of halogens is 1. The van der Waals surface area contributed by atoms with Gasteiger partial charge in [0.25, 0.3) is 0 Å². The molecular weight excluding hydrogens is 360 g/mol. The maximum atomic E-state index is 12.3. The maximum absolute atomic E-state index is 12.3.